The van der Waals surface area contributed by atoms with Gasteiger partial charge in [0.15, 0.2) is 0 Å². The van der Waals surface area contributed by atoms with Gasteiger partial charge in [0.2, 0.25) is 5.79 Å². The van der Waals surface area contributed by atoms with Crippen LogP contribution in [-0.4, -0.2) is 29.7 Å². The molecule has 1 spiro atoms. The fourth-order valence-electron chi connectivity index (χ4n) is 3.73. The Morgan fingerprint density at radius 3 is 2.29 bits per heavy atom. The second-order valence-electron chi connectivity index (χ2n) is 5.01. The maximum Gasteiger partial charge on any atom is 0.200 e. The van der Waals surface area contributed by atoms with Crippen molar-refractivity contribution in [2.75, 3.05) is 13.2 Å². The van der Waals surface area contributed by atoms with Crippen molar-refractivity contribution in [2.45, 2.75) is 44.0 Å². The van der Waals surface area contributed by atoms with Crippen molar-refractivity contribution in [3.8, 4) is 0 Å². The molecule has 1 heterocycles. The number of fused-ring (bicyclic) bond motifs is 2. The molecule has 2 saturated carbocycles. The van der Waals surface area contributed by atoms with Crippen LogP contribution in [0.3, 0.4) is 0 Å². The van der Waals surface area contributed by atoms with Crippen LogP contribution in [0.15, 0.2) is 0 Å². The zero-order chi connectivity index (χ0) is 9.81. The van der Waals surface area contributed by atoms with Gasteiger partial charge < -0.3 is 14.6 Å². The Kier molecular flexibility index (Phi) is 1.77. The average Bonchev–Trinajstić information content (AvgIpc) is 2.69. The van der Waals surface area contributed by atoms with Crippen molar-refractivity contribution in [2.24, 2.45) is 11.8 Å². The first kappa shape index (κ1) is 9.13. The summed E-state index contributed by atoms with van der Waals surface area (Å²) in [7, 11) is 0. The fraction of sp³-hybridized carbons (Fsp3) is 1.00. The van der Waals surface area contributed by atoms with E-state index in [1.165, 1.54) is 12.8 Å². The summed E-state index contributed by atoms with van der Waals surface area (Å²) in [5, 5.41) is 10.4. The van der Waals surface area contributed by atoms with Gasteiger partial charge in [-0.05, 0) is 19.8 Å². The third-order valence-corrected chi connectivity index (χ3v) is 4.40. The van der Waals surface area contributed by atoms with Gasteiger partial charge in [-0.1, -0.05) is 12.8 Å². The molecule has 1 N–H and O–H groups in total. The van der Waals surface area contributed by atoms with Crippen LogP contribution in [0.25, 0.3) is 0 Å². The largest absolute Gasteiger partial charge is 0.384 e. The summed E-state index contributed by atoms with van der Waals surface area (Å²) in [6, 6.07) is 0. The van der Waals surface area contributed by atoms with Crippen LogP contribution in [0.1, 0.15) is 32.6 Å². The average molecular weight is 198 g/mol. The lowest BCUT2D eigenvalue weighted by atomic mass is 9.52. The fourth-order valence-corrected chi connectivity index (χ4v) is 3.73. The molecule has 3 nitrogen and oxygen atoms in total. The second-order valence-corrected chi connectivity index (χ2v) is 5.01. The Balaban J connectivity index is 1.90. The molecule has 0 amide bonds. The first-order valence-electron chi connectivity index (χ1n) is 5.69. The molecule has 0 aromatic rings. The molecule has 3 atom stereocenters. The molecular formula is C11H18O3. The molecule has 14 heavy (non-hydrogen) atoms. The summed E-state index contributed by atoms with van der Waals surface area (Å²) in [4.78, 5) is 0. The Morgan fingerprint density at radius 1 is 1.07 bits per heavy atom. The van der Waals surface area contributed by atoms with Gasteiger partial charge >= 0.3 is 0 Å². The summed E-state index contributed by atoms with van der Waals surface area (Å²) in [5.74, 6) is 0.195. The molecule has 2 aliphatic carbocycles. The van der Waals surface area contributed by atoms with Crippen LogP contribution >= 0.6 is 0 Å². The molecule has 3 heteroatoms. The smallest absolute Gasteiger partial charge is 0.200 e. The van der Waals surface area contributed by atoms with E-state index in [0.29, 0.717) is 25.0 Å². The SMILES string of the molecule is C[C@@]1(O)[C@H]2CCCC[C@H]2C12OCCO2. The lowest BCUT2D eigenvalue weighted by molar-refractivity contribution is -0.392. The van der Waals surface area contributed by atoms with E-state index in [0.717, 1.165) is 12.8 Å². The van der Waals surface area contributed by atoms with E-state index in [-0.39, 0.29) is 0 Å². The standard InChI is InChI=1S/C11H18O3/c1-10(12)8-4-2-3-5-9(8)11(10)13-6-7-14-11/h8-9,12H,2-7H2,1H3/t8-,9+,10+/m0/s1. The Hall–Kier alpha value is -0.120. The van der Waals surface area contributed by atoms with Crippen LogP contribution in [0, 0.1) is 11.8 Å². The normalized spacial score (nSPS) is 50.1. The molecule has 3 aliphatic rings. The van der Waals surface area contributed by atoms with Gasteiger partial charge in [-0.15, -0.1) is 0 Å². The molecule has 0 unspecified atom stereocenters. The van der Waals surface area contributed by atoms with Crippen molar-refractivity contribution in [3.05, 3.63) is 0 Å². The highest BCUT2D eigenvalue weighted by atomic mass is 16.8. The third-order valence-electron chi connectivity index (χ3n) is 4.40. The molecular weight excluding hydrogens is 180 g/mol. The summed E-state index contributed by atoms with van der Waals surface area (Å²) < 4.78 is 11.4. The van der Waals surface area contributed by atoms with Crippen molar-refractivity contribution >= 4 is 0 Å². The van der Waals surface area contributed by atoms with Gasteiger partial charge in [-0.2, -0.15) is 0 Å². The van der Waals surface area contributed by atoms with E-state index in [2.05, 4.69) is 0 Å². The first-order chi connectivity index (χ1) is 6.68. The summed E-state index contributed by atoms with van der Waals surface area (Å²) in [5.41, 5.74) is -0.755. The number of aliphatic hydroxyl groups is 1. The van der Waals surface area contributed by atoms with E-state index in [4.69, 9.17) is 9.47 Å². The number of hydrogen-bond donors (Lipinski definition) is 1. The lowest BCUT2D eigenvalue weighted by Crippen LogP contribution is -2.75. The van der Waals surface area contributed by atoms with E-state index >= 15 is 0 Å². The molecule has 1 saturated heterocycles. The number of hydrogen-bond acceptors (Lipinski definition) is 3. The Bertz CT molecular complexity index is 243. The minimum atomic E-state index is -0.755. The predicted molar refractivity (Wildman–Crippen MR) is 50.7 cm³/mol. The Labute approximate surface area is 84.4 Å². The molecule has 0 radical (unpaired) electrons. The van der Waals surface area contributed by atoms with E-state index in [9.17, 15) is 5.11 Å². The quantitative estimate of drug-likeness (QED) is 0.637. The van der Waals surface area contributed by atoms with Gasteiger partial charge in [0.05, 0.1) is 13.2 Å². The van der Waals surface area contributed by atoms with E-state index in [1.807, 2.05) is 6.92 Å². The highest BCUT2D eigenvalue weighted by molar-refractivity contribution is 5.16. The number of rotatable bonds is 0. The Morgan fingerprint density at radius 2 is 1.64 bits per heavy atom. The van der Waals surface area contributed by atoms with E-state index in [1.54, 1.807) is 0 Å². The molecule has 3 rings (SSSR count). The monoisotopic (exact) mass is 198 g/mol. The van der Waals surface area contributed by atoms with Gasteiger partial charge in [-0.3, -0.25) is 0 Å². The number of ether oxygens (including phenoxy) is 2. The van der Waals surface area contributed by atoms with Crippen LogP contribution in [-0.2, 0) is 9.47 Å². The van der Waals surface area contributed by atoms with Crippen molar-refractivity contribution in [1.82, 2.24) is 0 Å². The molecule has 1 aliphatic heterocycles. The minimum Gasteiger partial charge on any atom is -0.384 e. The third kappa shape index (κ3) is 0.841. The van der Waals surface area contributed by atoms with Crippen LogP contribution in [0.5, 0.6) is 0 Å². The molecule has 80 valence electrons. The lowest BCUT2D eigenvalue weighted by Gasteiger charge is -2.63. The maximum atomic E-state index is 10.4. The van der Waals surface area contributed by atoms with Crippen molar-refractivity contribution in [3.63, 3.8) is 0 Å². The van der Waals surface area contributed by atoms with Gasteiger partial charge in [0.25, 0.3) is 0 Å². The summed E-state index contributed by atoms with van der Waals surface area (Å²) >= 11 is 0. The maximum absolute atomic E-state index is 10.4. The zero-order valence-corrected chi connectivity index (χ0v) is 8.66. The highest BCUT2D eigenvalue weighted by Gasteiger charge is 2.72. The topological polar surface area (TPSA) is 38.7 Å². The highest BCUT2D eigenvalue weighted by Crippen LogP contribution is 2.61. The van der Waals surface area contributed by atoms with E-state index < -0.39 is 11.4 Å². The molecule has 3 fully saturated rings. The van der Waals surface area contributed by atoms with Crippen LogP contribution < -0.4 is 0 Å². The summed E-state index contributed by atoms with van der Waals surface area (Å²) in [6.45, 7) is 3.16. The zero-order valence-electron chi connectivity index (χ0n) is 8.66. The van der Waals surface area contributed by atoms with Gasteiger partial charge in [-0.25, -0.2) is 0 Å². The first-order valence-corrected chi connectivity index (χ1v) is 5.69. The van der Waals surface area contributed by atoms with Gasteiger partial charge in [0.1, 0.15) is 5.60 Å². The molecule has 0 aromatic carbocycles. The molecule has 0 aromatic heterocycles. The van der Waals surface area contributed by atoms with Crippen LogP contribution in [0.2, 0.25) is 0 Å². The summed E-state index contributed by atoms with van der Waals surface area (Å²) in [6.07, 6.45) is 4.78. The van der Waals surface area contributed by atoms with Crippen LogP contribution in [0.4, 0.5) is 0 Å². The van der Waals surface area contributed by atoms with Crippen molar-refractivity contribution in [1.29, 1.82) is 0 Å². The molecule has 0 bridgehead atoms. The second kappa shape index (κ2) is 2.71. The van der Waals surface area contributed by atoms with Gasteiger partial charge in [0, 0.05) is 11.8 Å². The van der Waals surface area contributed by atoms with Crippen molar-refractivity contribution < 1.29 is 14.6 Å². The predicted octanol–water partition coefficient (Wildman–Crippen LogP) is 1.30. The minimum absolute atomic E-state index is 0.398.